The number of benzene rings is 2. The molecule has 0 radical (unpaired) electrons. The van der Waals surface area contributed by atoms with Crippen LogP contribution in [0.2, 0.25) is 0 Å². The van der Waals surface area contributed by atoms with Gasteiger partial charge in [0.2, 0.25) is 11.8 Å². The fourth-order valence-electron chi connectivity index (χ4n) is 2.75. The number of carbonyl (C=O) groups is 2. The van der Waals surface area contributed by atoms with Crippen molar-refractivity contribution in [2.75, 3.05) is 19.5 Å². The van der Waals surface area contributed by atoms with Gasteiger partial charge in [-0.1, -0.05) is 17.7 Å². The monoisotopic (exact) mass is 397 g/mol. The molecule has 0 heterocycles. The molecule has 0 bridgehead atoms. The molecule has 2 N–H and O–H groups in total. The summed E-state index contributed by atoms with van der Waals surface area (Å²) in [5, 5.41) is 6.94. The number of anilines is 1. The molecule has 0 aromatic heterocycles. The first-order valence-electron chi connectivity index (χ1n) is 9.26. The van der Waals surface area contributed by atoms with Crippen molar-refractivity contribution in [1.82, 2.24) is 5.43 Å². The van der Waals surface area contributed by atoms with Gasteiger partial charge in [0, 0.05) is 30.2 Å². The maximum absolute atomic E-state index is 12.1. The van der Waals surface area contributed by atoms with E-state index in [0.717, 1.165) is 22.4 Å². The normalized spacial score (nSPS) is 11.0. The minimum atomic E-state index is -0.340. The molecule has 0 saturated carbocycles. The number of rotatable bonds is 8. The fraction of sp³-hybridized carbons (Fsp3) is 0.318. The third-order valence-electron chi connectivity index (χ3n) is 4.38. The van der Waals surface area contributed by atoms with Crippen LogP contribution in [0.25, 0.3) is 0 Å². The number of nitrogens with one attached hydrogen (secondary N) is 2. The summed E-state index contributed by atoms with van der Waals surface area (Å²) in [5.41, 5.74) is 6.66. The minimum Gasteiger partial charge on any atom is -0.497 e. The van der Waals surface area contributed by atoms with Crippen molar-refractivity contribution in [1.29, 1.82) is 0 Å². The van der Waals surface area contributed by atoms with Crippen LogP contribution in [0.15, 0.2) is 41.5 Å². The van der Waals surface area contributed by atoms with E-state index in [1.54, 1.807) is 39.3 Å². The van der Waals surface area contributed by atoms with Gasteiger partial charge in [0.1, 0.15) is 11.5 Å². The first-order chi connectivity index (χ1) is 13.8. The summed E-state index contributed by atoms with van der Waals surface area (Å²) in [6.07, 6.45) is 0.104. The van der Waals surface area contributed by atoms with Crippen LogP contribution in [0.1, 0.15) is 36.5 Å². The van der Waals surface area contributed by atoms with Gasteiger partial charge in [-0.3, -0.25) is 9.59 Å². The summed E-state index contributed by atoms with van der Waals surface area (Å²) < 4.78 is 10.5. The molecule has 154 valence electrons. The number of ether oxygens (including phenoxy) is 2. The van der Waals surface area contributed by atoms with Crippen LogP contribution in [0.3, 0.4) is 0 Å². The Labute approximate surface area is 171 Å². The predicted molar refractivity (Wildman–Crippen MR) is 114 cm³/mol. The van der Waals surface area contributed by atoms with Crippen LogP contribution in [0.4, 0.5) is 5.69 Å². The molecular weight excluding hydrogens is 370 g/mol. The lowest BCUT2D eigenvalue weighted by atomic mass is 10.1. The van der Waals surface area contributed by atoms with Gasteiger partial charge in [-0.2, -0.15) is 5.10 Å². The molecule has 0 aliphatic heterocycles. The van der Waals surface area contributed by atoms with Crippen molar-refractivity contribution in [3.05, 3.63) is 53.1 Å². The van der Waals surface area contributed by atoms with Gasteiger partial charge in [0.05, 0.1) is 19.9 Å². The Morgan fingerprint density at radius 3 is 2.34 bits per heavy atom. The van der Waals surface area contributed by atoms with Crippen molar-refractivity contribution < 1.29 is 19.1 Å². The van der Waals surface area contributed by atoms with Gasteiger partial charge >= 0.3 is 0 Å². The molecule has 0 saturated heterocycles. The molecule has 7 nitrogen and oxygen atoms in total. The molecule has 2 rings (SSSR count). The van der Waals surface area contributed by atoms with Crippen LogP contribution in [0.5, 0.6) is 11.5 Å². The summed E-state index contributed by atoms with van der Waals surface area (Å²) in [7, 11) is 3.13. The molecule has 2 aromatic rings. The van der Waals surface area contributed by atoms with E-state index in [0.29, 0.717) is 17.2 Å². The SMILES string of the molecule is COc1ccc(C(C)=NNC(=O)CCC(=O)Nc2ccc(C)cc2C)c(OC)c1. The van der Waals surface area contributed by atoms with Crippen molar-refractivity contribution in [3.8, 4) is 11.5 Å². The number of aryl methyl sites for hydroxylation is 2. The third kappa shape index (κ3) is 6.34. The molecule has 2 amide bonds. The highest BCUT2D eigenvalue weighted by atomic mass is 16.5. The maximum Gasteiger partial charge on any atom is 0.240 e. The molecule has 2 aromatic carbocycles. The van der Waals surface area contributed by atoms with E-state index < -0.39 is 0 Å². The van der Waals surface area contributed by atoms with Gasteiger partial charge in [0.15, 0.2) is 0 Å². The Hall–Kier alpha value is -3.35. The van der Waals surface area contributed by atoms with Crippen LogP contribution < -0.4 is 20.2 Å². The van der Waals surface area contributed by atoms with Crippen molar-refractivity contribution >= 4 is 23.2 Å². The Kier molecular flexibility index (Phi) is 7.77. The van der Waals surface area contributed by atoms with E-state index in [9.17, 15) is 9.59 Å². The highest BCUT2D eigenvalue weighted by molar-refractivity contribution is 6.02. The standard InChI is InChI=1S/C22H27N3O4/c1-14-6-9-19(15(2)12-14)23-21(26)10-11-22(27)25-24-16(3)18-8-7-17(28-4)13-20(18)29-5/h6-9,12-13H,10-11H2,1-5H3,(H,23,26)(H,25,27). The number of methoxy groups -OCH3 is 2. The van der Waals surface area contributed by atoms with E-state index >= 15 is 0 Å². The zero-order chi connectivity index (χ0) is 21.4. The Morgan fingerprint density at radius 2 is 1.69 bits per heavy atom. The Bertz CT molecular complexity index is 922. The van der Waals surface area contributed by atoms with E-state index in [2.05, 4.69) is 15.8 Å². The molecule has 7 heteroatoms. The Balaban J connectivity index is 1.89. The lowest BCUT2D eigenvalue weighted by molar-refractivity contribution is -0.124. The molecule has 0 fully saturated rings. The molecule has 0 aliphatic carbocycles. The van der Waals surface area contributed by atoms with Crippen molar-refractivity contribution in [3.63, 3.8) is 0 Å². The number of hydrogen-bond acceptors (Lipinski definition) is 5. The van der Waals surface area contributed by atoms with E-state index in [1.165, 1.54) is 0 Å². The summed E-state index contributed by atoms with van der Waals surface area (Å²) in [5.74, 6) is 0.696. The second kappa shape index (κ2) is 10.3. The number of hydrogen-bond donors (Lipinski definition) is 2. The maximum atomic E-state index is 12.1. The molecule has 0 aliphatic rings. The molecule has 0 atom stereocenters. The molecule has 29 heavy (non-hydrogen) atoms. The van der Waals surface area contributed by atoms with Crippen LogP contribution >= 0.6 is 0 Å². The first-order valence-corrected chi connectivity index (χ1v) is 9.26. The van der Waals surface area contributed by atoms with Crippen molar-refractivity contribution in [2.24, 2.45) is 5.10 Å². The van der Waals surface area contributed by atoms with Crippen molar-refractivity contribution in [2.45, 2.75) is 33.6 Å². The van der Waals surface area contributed by atoms with E-state index in [-0.39, 0.29) is 24.7 Å². The summed E-state index contributed by atoms with van der Waals surface area (Å²) in [6, 6.07) is 11.1. The summed E-state index contributed by atoms with van der Waals surface area (Å²) in [4.78, 5) is 24.2. The second-order valence-electron chi connectivity index (χ2n) is 6.66. The van der Waals surface area contributed by atoms with E-state index in [4.69, 9.17) is 9.47 Å². The fourth-order valence-corrected chi connectivity index (χ4v) is 2.75. The lowest BCUT2D eigenvalue weighted by Crippen LogP contribution is -2.22. The molecule has 0 unspecified atom stereocenters. The number of carbonyl (C=O) groups excluding carboxylic acids is 2. The number of hydrazone groups is 1. The quantitative estimate of drug-likeness (QED) is 0.526. The van der Waals surface area contributed by atoms with Gasteiger partial charge < -0.3 is 14.8 Å². The zero-order valence-corrected chi connectivity index (χ0v) is 17.5. The average molecular weight is 397 g/mol. The minimum absolute atomic E-state index is 0.0350. The van der Waals surface area contributed by atoms with E-state index in [1.807, 2.05) is 32.0 Å². The third-order valence-corrected chi connectivity index (χ3v) is 4.38. The Morgan fingerprint density at radius 1 is 0.966 bits per heavy atom. The number of nitrogens with zero attached hydrogens (tertiary/aromatic N) is 1. The zero-order valence-electron chi connectivity index (χ0n) is 17.5. The van der Waals surface area contributed by atoms with Gasteiger partial charge in [0.25, 0.3) is 0 Å². The number of amides is 2. The highest BCUT2D eigenvalue weighted by Crippen LogP contribution is 2.25. The van der Waals surface area contributed by atoms with Gasteiger partial charge in [-0.25, -0.2) is 5.43 Å². The van der Waals surface area contributed by atoms with Gasteiger partial charge in [-0.05, 0) is 44.5 Å². The largest absolute Gasteiger partial charge is 0.497 e. The summed E-state index contributed by atoms with van der Waals surface area (Å²) in [6.45, 7) is 5.69. The smallest absolute Gasteiger partial charge is 0.240 e. The second-order valence-corrected chi connectivity index (χ2v) is 6.66. The van der Waals surface area contributed by atoms with Crippen LogP contribution in [0, 0.1) is 13.8 Å². The van der Waals surface area contributed by atoms with Gasteiger partial charge in [-0.15, -0.1) is 0 Å². The average Bonchev–Trinajstić information content (AvgIpc) is 2.71. The lowest BCUT2D eigenvalue weighted by Gasteiger charge is -2.10. The predicted octanol–water partition coefficient (Wildman–Crippen LogP) is 3.58. The highest BCUT2D eigenvalue weighted by Gasteiger charge is 2.11. The molecular formula is C22H27N3O4. The molecule has 0 spiro atoms. The first kappa shape index (κ1) is 21.9. The van der Waals surface area contributed by atoms with Crippen LogP contribution in [-0.2, 0) is 9.59 Å². The summed E-state index contributed by atoms with van der Waals surface area (Å²) >= 11 is 0. The van der Waals surface area contributed by atoms with Crippen LogP contribution in [-0.4, -0.2) is 31.7 Å². The topological polar surface area (TPSA) is 89.0 Å².